The molecule has 2 aromatic rings. The molecule has 0 aliphatic carbocycles. The Kier molecular flexibility index (Phi) is 5.61. The minimum atomic E-state index is -0.364. The average Bonchev–Trinajstić information content (AvgIpc) is 3.02. The molecule has 1 fully saturated rings. The highest BCUT2D eigenvalue weighted by Gasteiger charge is 2.35. The molecular weight excluding hydrogens is 333 g/mol. The lowest BCUT2D eigenvalue weighted by molar-refractivity contribution is -0.134. The lowest BCUT2D eigenvalue weighted by Gasteiger charge is -2.21. The number of hydrogen-bond acceptors (Lipinski definition) is 3. The molecule has 1 unspecified atom stereocenters. The Bertz CT molecular complexity index is 782. The molecule has 1 aliphatic rings. The van der Waals surface area contributed by atoms with E-state index in [1.165, 1.54) is 6.07 Å². The topological polar surface area (TPSA) is 53.5 Å². The number of benzene rings is 1. The quantitative estimate of drug-likeness (QED) is 0.799. The van der Waals surface area contributed by atoms with Gasteiger partial charge in [0, 0.05) is 51.1 Å². The van der Waals surface area contributed by atoms with Crippen LogP contribution in [0.1, 0.15) is 17.5 Å². The molecule has 0 bridgehead atoms. The SMILES string of the molecule is CN(CCc1ccncc1)C(=O)C1CC(=O)N(Cc2ccccc2F)C1. The number of nitrogens with zero attached hydrogens (tertiary/aromatic N) is 3. The van der Waals surface area contributed by atoms with Gasteiger partial charge in [-0.3, -0.25) is 14.6 Å². The summed E-state index contributed by atoms with van der Waals surface area (Å²) in [6.07, 6.45) is 4.39. The third kappa shape index (κ3) is 4.25. The molecule has 1 aromatic carbocycles. The third-order valence-electron chi connectivity index (χ3n) is 4.74. The Labute approximate surface area is 152 Å². The second kappa shape index (κ2) is 8.08. The van der Waals surface area contributed by atoms with E-state index >= 15 is 0 Å². The van der Waals surface area contributed by atoms with E-state index in [4.69, 9.17) is 0 Å². The predicted octanol–water partition coefficient (Wildman–Crippen LogP) is 2.27. The number of likely N-dealkylation sites (tertiary alicyclic amines) is 1. The maximum Gasteiger partial charge on any atom is 0.227 e. The van der Waals surface area contributed by atoms with E-state index in [1.54, 1.807) is 47.4 Å². The van der Waals surface area contributed by atoms with Crippen LogP contribution in [0.3, 0.4) is 0 Å². The Hall–Kier alpha value is -2.76. The third-order valence-corrected chi connectivity index (χ3v) is 4.74. The van der Waals surface area contributed by atoms with Crippen molar-refractivity contribution in [2.24, 2.45) is 5.92 Å². The summed E-state index contributed by atoms with van der Waals surface area (Å²) in [7, 11) is 1.76. The molecule has 1 aliphatic heterocycles. The average molecular weight is 355 g/mol. The van der Waals surface area contributed by atoms with Gasteiger partial charge in [-0.15, -0.1) is 0 Å². The fourth-order valence-electron chi connectivity index (χ4n) is 3.19. The first-order chi connectivity index (χ1) is 12.5. The van der Waals surface area contributed by atoms with E-state index < -0.39 is 0 Å². The van der Waals surface area contributed by atoms with Crippen LogP contribution in [0.4, 0.5) is 4.39 Å². The van der Waals surface area contributed by atoms with Crippen molar-refractivity contribution in [2.75, 3.05) is 20.1 Å². The summed E-state index contributed by atoms with van der Waals surface area (Å²) in [5.41, 5.74) is 1.59. The number of carbonyl (C=O) groups excluding carboxylic acids is 2. The van der Waals surface area contributed by atoms with Gasteiger partial charge in [0.25, 0.3) is 0 Å². The smallest absolute Gasteiger partial charge is 0.227 e. The zero-order valence-corrected chi connectivity index (χ0v) is 14.8. The minimum Gasteiger partial charge on any atom is -0.345 e. The molecular formula is C20H22FN3O2. The molecule has 2 heterocycles. The Morgan fingerprint density at radius 2 is 2.00 bits per heavy atom. The van der Waals surface area contributed by atoms with Crippen LogP contribution >= 0.6 is 0 Å². The lowest BCUT2D eigenvalue weighted by atomic mass is 10.1. The summed E-state index contributed by atoms with van der Waals surface area (Å²) in [5.74, 6) is -0.834. The van der Waals surface area contributed by atoms with Crippen molar-refractivity contribution in [3.05, 3.63) is 65.7 Å². The largest absolute Gasteiger partial charge is 0.345 e. The minimum absolute atomic E-state index is 0.0385. The fraction of sp³-hybridized carbons (Fsp3) is 0.350. The van der Waals surface area contributed by atoms with Crippen LogP contribution in [0.5, 0.6) is 0 Å². The summed E-state index contributed by atoms with van der Waals surface area (Å²) in [6, 6.07) is 10.3. The highest BCUT2D eigenvalue weighted by Crippen LogP contribution is 2.22. The number of rotatable bonds is 6. The number of hydrogen-bond donors (Lipinski definition) is 0. The van der Waals surface area contributed by atoms with Crippen LogP contribution in [0.25, 0.3) is 0 Å². The number of likely N-dealkylation sites (N-methyl/N-ethyl adjacent to an activating group) is 1. The zero-order chi connectivity index (χ0) is 18.5. The van der Waals surface area contributed by atoms with Gasteiger partial charge in [-0.1, -0.05) is 18.2 Å². The van der Waals surface area contributed by atoms with Crippen LogP contribution in [0.2, 0.25) is 0 Å². The first kappa shape index (κ1) is 18.0. The maximum atomic E-state index is 13.8. The number of amides is 2. The second-order valence-electron chi connectivity index (χ2n) is 6.63. The molecule has 6 heteroatoms. The maximum absolute atomic E-state index is 13.8. The van der Waals surface area contributed by atoms with Crippen molar-refractivity contribution in [3.63, 3.8) is 0 Å². The van der Waals surface area contributed by atoms with Crippen molar-refractivity contribution in [1.82, 2.24) is 14.8 Å². The van der Waals surface area contributed by atoms with E-state index in [1.807, 2.05) is 12.1 Å². The van der Waals surface area contributed by atoms with Crippen LogP contribution in [0.15, 0.2) is 48.8 Å². The van der Waals surface area contributed by atoms with E-state index in [9.17, 15) is 14.0 Å². The first-order valence-electron chi connectivity index (χ1n) is 8.69. The summed E-state index contributed by atoms with van der Waals surface area (Å²) in [5, 5.41) is 0. The zero-order valence-electron chi connectivity index (χ0n) is 14.8. The predicted molar refractivity (Wildman–Crippen MR) is 95.5 cm³/mol. The normalized spacial score (nSPS) is 16.8. The van der Waals surface area contributed by atoms with Crippen molar-refractivity contribution in [3.8, 4) is 0 Å². The summed E-state index contributed by atoms with van der Waals surface area (Å²) in [4.78, 5) is 32.1. The number of halogens is 1. The molecule has 1 saturated heterocycles. The molecule has 1 aromatic heterocycles. The van der Waals surface area contributed by atoms with Gasteiger partial charge < -0.3 is 9.80 Å². The highest BCUT2D eigenvalue weighted by atomic mass is 19.1. The van der Waals surface area contributed by atoms with Gasteiger partial charge in [0.2, 0.25) is 11.8 Å². The standard InChI is InChI=1S/C20H22FN3O2/c1-23(11-8-15-6-9-22-10-7-15)20(26)17-12-19(25)24(14-17)13-16-4-2-3-5-18(16)21/h2-7,9-10,17H,8,11-14H2,1H3. The van der Waals surface area contributed by atoms with Gasteiger partial charge in [0.05, 0.1) is 5.92 Å². The molecule has 5 nitrogen and oxygen atoms in total. The van der Waals surface area contributed by atoms with E-state index in [0.717, 1.165) is 12.0 Å². The van der Waals surface area contributed by atoms with Crippen molar-refractivity contribution in [1.29, 1.82) is 0 Å². The molecule has 26 heavy (non-hydrogen) atoms. The molecule has 2 amide bonds. The molecule has 1 atom stereocenters. The number of carbonyl (C=O) groups is 2. The van der Waals surface area contributed by atoms with Gasteiger partial charge in [-0.2, -0.15) is 0 Å². The van der Waals surface area contributed by atoms with Gasteiger partial charge in [0.15, 0.2) is 0 Å². The lowest BCUT2D eigenvalue weighted by Crippen LogP contribution is -2.35. The summed E-state index contributed by atoms with van der Waals surface area (Å²) < 4.78 is 13.8. The molecule has 0 N–H and O–H groups in total. The summed E-state index contributed by atoms with van der Waals surface area (Å²) in [6.45, 7) is 1.13. The van der Waals surface area contributed by atoms with Gasteiger partial charge in [0.1, 0.15) is 5.82 Å². The molecule has 0 spiro atoms. The van der Waals surface area contributed by atoms with E-state index in [0.29, 0.717) is 18.7 Å². The van der Waals surface area contributed by atoms with Crippen molar-refractivity contribution < 1.29 is 14.0 Å². The van der Waals surface area contributed by atoms with Crippen LogP contribution in [0, 0.1) is 11.7 Å². The molecule has 0 radical (unpaired) electrons. The molecule has 136 valence electrons. The van der Waals surface area contributed by atoms with E-state index in [-0.39, 0.29) is 36.5 Å². The second-order valence-corrected chi connectivity index (χ2v) is 6.63. The van der Waals surface area contributed by atoms with Crippen LogP contribution < -0.4 is 0 Å². The Morgan fingerprint density at radius 1 is 1.27 bits per heavy atom. The first-order valence-corrected chi connectivity index (χ1v) is 8.69. The van der Waals surface area contributed by atoms with E-state index in [2.05, 4.69) is 4.98 Å². The monoisotopic (exact) mass is 355 g/mol. The number of aromatic nitrogens is 1. The number of pyridine rings is 1. The fourth-order valence-corrected chi connectivity index (χ4v) is 3.19. The summed E-state index contributed by atoms with van der Waals surface area (Å²) >= 11 is 0. The molecule has 3 rings (SSSR count). The molecule has 0 saturated carbocycles. The Morgan fingerprint density at radius 3 is 2.73 bits per heavy atom. The van der Waals surface area contributed by atoms with Gasteiger partial charge in [-0.05, 0) is 30.2 Å². The van der Waals surface area contributed by atoms with Gasteiger partial charge >= 0.3 is 0 Å². The van der Waals surface area contributed by atoms with Crippen molar-refractivity contribution >= 4 is 11.8 Å². The van der Waals surface area contributed by atoms with Gasteiger partial charge in [-0.25, -0.2) is 4.39 Å². The van der Waals surface area contributed by atoms with Crippen LogP contribution in [-0.4, -0.2) is 46.7 Å². The highest BCUT2D eigenvalue weighted by molar-refractivity contribution is 5.89. The Balaban J connectivity index is 1.55. The van der Waals surface area contributed by atoms with Crippen molar-refractivity contribution in [2.45, 2.75) is 19.4 Å². The van der Waals surface area contributed by atoms with Crippen LogP contribution in [-0.2, 0) is 22.6 Å².